The lowest BCUT2D eigenvalue weighted by atomic mass is 9.94. The van der Waals surface area contributed by atoms with Gasteiger partial charge in [-0.25, -0.2) is 17.5 Å². The van der Waals surface area contributed by atoms with Gasteiger partial charge in [-0.3, -0.25) is 4.79 Å². The molecule has 5 nitrogen and oxygen atoms in total. The van der Waals surface area contributed by atoms with Crippen LogP contribution in [0.4, 0.5) is 4.39 Å². The molecule has 0 spiro atoms. The molecular formula is C14H20FNO4S. The molecule has 0 aliphatic rings. The van der Waals surface area contributed by atoms with Crippen LogP contribution >= 0.6 is 0 Å². The van der Waals surface area contributed by atoms with E-state index in [9.17, 15) is 17.6 Å². The molecule has 118 valence electrons. The Hall–Kier alpha value is -1.47. The van der Waals surface area contributed by atoms with E-state index >= 15 is 0 Å². The molecule has 1 aromatic carbocycles. The van der Waals surface area contributed by atoms with Crippen LogP contribution in [0.2, 0.25) is 0 Å². The molecule has 1 atom stereocenters. The second kappa shape index (κ2) is 7.51. The lowest BCUT2D eigenvalue weighted by molar-refractivity contribution is -0.138. The third-order valence-electron chi connectivity index (χ3n) is 2.96. The molecule has 7 heteroatoms. The summed E-state index contributed by atoms with van der Waals surface area (Å²) in [6.07, 6.45) is 0.448. The van der Waals surface area contributed by atoms with Gasteiger partial charge in [0.15, 0.2) is 0 Å². The van der Waals surface area contributed by atoms with Crippen LogP contribution in [-0.2, 0) is 14.8 Å². The van der Waals surface area contributed by atoms with Gasteiger partial charge in [0.1, 0.15) is 10.7 Å². The Kier molecular flexibility index (Phi) is 6.29. The van der Waals surface area contributed by atoms with Crippen molar-refractivity contribution in [2.24, 2.45) is 11.8 Å². The van der Waals surface area contributed by atoms with Crippen molar-refractivity contribution in [2.45, 2.75) is 31.6 Å². The molecule has 0 aromatic heterocycles. The van der Waals surface area contributed by atoms with E-state index in [-0.39, 0.29) is 24.8 Å². The summed E-state index contributed by atoms with van der Waals surface area (Å²) >= 11 is 0. The minimum absolute atomic E-state index is 0.0266. The minimum Gasteiger partial charge on any atom is -0.481 e. The van der Waals surface area contributed by atoms with E-state index in [4.69, 9.17) is 5.11 Å². The molecule has 0 bridgehead atoms. The summed E-state index contributed by atoms with van der Waals surface area (Å²) in [5, 5.41) is 8.85. The van der Waals surface area contributed by atoms with Gasteiger partial charge in [-0.15, -0.1) is 0 Å². The van der Waals surface area contributed by atoms with Crippen molar-refractivity contribution >= 4 is 16.0 Å². The van der Waals surface area contributed by atoms with Crippen LogP contribution in [0.15, 0.2) is 29.2 Å². The van der Waals surface area contributed by atoms with Crippen molar-refractivity contribution in [1.82, 2.24) is 4.72 Å². The number of nitrogens with one attached hydrogen (secondary N) is 1. The fraction of sp³-hybridized carbons (Fsp3) is 0.500. The summed E-state index contributed by atoms with van der Waals surface area (Å²) in [7, 11) is -3.98. The minimum atomic E-state index is -3.98. The van der Waals surface area contributed by atoms with Crippen molar-refractivity contribution < 1.29 is 22.7 Å². The molecule has 0 amide bonds. The average Bonchev–Trinajstić information content (AvgIpc) is 2.35. The van der Waals surface area contributed by atoms with E-state index in [1.807, 2.05) is 13.8 Å². The SMILES string of the molecule is CC(C)C[C@H](CNS(=O)(=O)c1ccccc1F)CC(=O)O. The van der Waals surface area contributed by atoms with E-state index in [1.165, 1.54) is 18.2 Å². The lowest BCUT2D eigenvalue weighted by Crippen LogP contribution is -2.31. The van der Waals surface area contributed by atoms with Gasteiger partial charge < -0.3 is 5.11 Å². The second-order valence-corrected chi connectivity index (χ2v) is 7.11. The predicted molar refractivity (Wildman–Crippen MR) is 76.8 cm³/mol. The summed E-state index contributed by atoms with van der Waals surface area (Å²) in [5.41, 5.74) is 0. The number of benzene rings is 1. The maximum absolute atomic E-state index is 13.5. The molecule has 0 aliphatic heterocycles. The van der Waals surface area contributed by atoms with Crippen molar-refractivity contribution in [3.8, 4) is 0 Å². The van der Waals surface area contributed by atoms with Gasteiger partial charge in [-0.1, -0.05) is 26.0 Å². The second-order valence-electron chi connectivity index (χ2n) is 5.38. The van der Waals surface area contributed by atoms with Gasteiger partial charge in [0.2, 0.25) is 10.0 Å². The molecule has 2 N–H and O–H groups in total. The van der Waals surface area contributed by atoms with Gasteiger partial charge in [-0.05, 0) is 30.4 Å². The summed E-state index contributed by atoms with van der Waals surface area (Å²) in [6, 6.07) is 5.07. The number of halogens is 1. The first-order valence-corrected chi connectivity index (χ1v) is 8.16. The Morgan fingerprint density at radius 1 is 1.33 bits per heavy atom. The molecule has 1 rings (SSSR count). The van der Waals surface area contributed by atoms with Crippen molar-refractivity contribution in [2.75, 3.05) is 6.54 Å². The van der Waals surface area contributed by atoms with Crippen molar-refractivity contribution in [3.05, 3.63) is 30.1 Å². The fourth-order valence-corrected chi connectivity index (χ4v) is 3.31. The zero-order chi connectivity index (χ0) is 16.0. The molecule has 0 heterocycles. The highest BCUT2D eigenvalue weighted by Gasteiger charge is 2.22. The van der Waals surface area contributed by atoms with E-state index in [2.05, 4.69) is 4.72 Å². The standard InChI is InChI=1S/C14H20FNO4S/c1-10(2)7-11(8-14(17)18)9-16-21(19,20)13-6-4-3-5-12(13)15/h3-6,10-11,16H,7-9H2,1-2H3,(H,17,18)/t11-/m0/s1. The fourth-order valence-electron chi connectivity index (χ4n) is 2.12. The smallest absolute Gasteiger partial charge is 0.303 e. The van der Waals surface area contributed by atoms with Crippen LogP contribution in [0, 0.1) is 17.7 Å². The van der Waals surface area contributed by atoms with Crippen LogP contribution in [0.1, 0.15) is 26.7 Å². The van der Waals surface area contributed by atoms with E-state index in [0.29, 0.717) is 6.42 Å². The summed E-state index contributed by atoms with van der Waals surface area (Å²) < 4.78 is 39.9. The molecule has 0 saturated heterocycles. The number of carboxylic acid groups (broad SMARTS) is 1. The molecule has 21 heavy (non-hydrogen) atoms. The number of carboxylic acids is 1. The maximum atomic E-state index is 13.5. The highest BCUT2D eigenvalue weighted by Crippen LogP contribution is 2.17. The number of aliphatic carboxylic acids is 1. The molecule has 0 unspecified atom stereocenters. The maximum Gasteiger partial charge on any atom is 0.303 e. The number of rotatable bonds is 8. The van der Waals surface area contributed by atoms with Crippen LogP contribution in [-0.4, -0.2) is 26.0 Å². The quantitative estimate of drug-likeness (QED) is 0.770. The van der Waals surface area contributed by atoms with E-state index < -0.39 is 26.7 Å². The first-order chi connectivity index (χ1) is 9.72. The zero-order valence-corrected chi connectivity index (χ0v) is 12.9. The average molecular weight is 317 g/mol. The lowest BCUT2D eigenvalue weighted by Gasteiger charge is -2.18. The topological polar surface area (TPSA) is 83.5 Å². The Bertz CT molecular complexity index is 586. The molecule has 0 aliphatic carbocycles. The number of carbonyl (C=O) groups is 1. The van der Waals surface area contributed by atoms with E-state index in [0.717, 1.165) is 6.07 Å². The van der Waals surface area contributed by atoms with Gasteiger partial charge >= 0.3 is 5.97 Å². The third-order valence-corrected chi connectivity index (χ3v) is 4.41. The highest BCUT2D eigenvalue weighted by molar-refractivity contribution is 7.89. The molecule has 0 fully saturated rings. The van der Waals surface area contributed by atoms with Crippen LogP contribution in [0.5, 0.6) is 0 Å². The van der Waals surface area contributed by atoms with Crippen LogP contribution in [0.3, 0.4) is 0 Å². The molecule has 0 radical (unpaired) electrons. The monoisotopic (exact) mass is 317 g/mol. The van der Waals surface area contributed by atoms with Gasteiger partial charge in [0, 0.05) is 13.0 Å². The Labute approximate surface area is 124 Å². The first kappa shape index (κ1) is 17.6. The molecule has 1 aromatic rings. The summed E-state index contributed by atoms with van der Waals surface area (Å²) in [5.74, 6) is -1.90. The summed E-state index contributed by atoms with van der Waals surface area (Å²) in [6.45, 7) is 3.83. The van der Waals surface area contributed by atoms with Gasteiger partial charge in [0.25, 0.3) is 0 Å². The molecular weight excluding hydrogens is 297 g/mol. The Morgan fingerprint density at radius 2 is 1.95 bits per heavy atom. The highest BCUT2D eigenvalue weighted by atomic mass is 32.2. The summed E-state index contributed by atoms with van der Waals surface area (Å²) in [4.78, 5) is 10.4. The number of hydrogen-bond donors (Lipinski definition) is 2. The zero-order valence-electron chi connectivity index (χ0n) is 12.0. The molecule has 0 saturated carbocycles. The van der Waals surface area contributed by atoms with Crippen LogP contribution in [0.25, 0.3) is 0 Å². The van der Waals surface area contributed by atoms with Crippen molar-refractivity contribution in [3.63, 3.8) is 0 Å². The number of hydrogen-bond acceptors (Lipinski definition) is 3. The predicted octanol–water partition coefficient (Wildman–Crippen LogP) is 2.24. The van der Waals surface area contributed by atoms with Crippen molar-refractivity contribution in [1.29, 1.82) is 0 Å². The Balaban J connectivity index is 2.78. The number of sulfonamides is 1. The van der Waals surface area contributed by atoms with Crippen LogP contribution < -0.4 is 4.72 Å². The Morgan fingerprint density at radius 3 is 2.48 bits per heavy atom. The largest absolute Gasteiger partial charge is 0.481 e. The first-order valence-electron chi connectivity index (χ1n) is 6.68. The van der Waals surface area contributed by atoms with Gasteiger partial charge in [0.05, 0.1) is 0 Å². The van der Waals surface area contributed by atoms with Gasteiger partial charge in [-0.2, -0.15) is 0 Å². The van der Waals surface area contributed by atoms with E-state index in [1.54, 1.807) is 0 Å². The third kappa shape index (κ3) is 5.81. The normalized spacial score (nSPS) is 13.3.